The molecule has 1 saturated heterocycles. The summed E-state index contributed by atoms with van der Waals surface area (Å²) in [4.78, 5) is 27.9. The van der Waals surface area contributed by atoms with E-state index >= 15 is 0 Å². The van der Waals surface area contributed by atoms with Crippen LogP contribution >= 0.6 is 11.6 Å². The monoisotopic (exact) mass is 341 g/mol. The number of methoxy groups -OCH3 is 1. The molecule has 0 radical (unpaired) electrons. The van der Waals surface area contributed by atoms with Gasteiger partial charge in [-0.1, -0.05) is 11.6 Å². The van der Waals surface area contributed by atoms with E-state index in [1.165, 1.54) is 18.1 Å². The predicted octanol–water partition coefficient (Wildman–Crippen LogP) is 0.424. The van der Waals surface area contributed by atoms with Crippen LogP contribution in [0.5, 0.6) is 5.75 Å². The van der Waals surface area contributed by atoms with Gasteiger partial charge in [0, 0.05) is 37.7 Å². The molecule has 0 aliphatic carbocycles. The number of β-amino-alcohol motifs (C(OH)–C–C–N with tert-alkyl or cyclic N) is 1. The Morgan fingerprint density at radius 2 is 2.00 bits per heavy atom. The van der Waals surface area contributed by atoms with Crippen LogP contribution in [-0.2, 0) is 9.59 Å². The number of aliphatic hydroxyl groups is 1. The SMILES string of the molecule is COc1ccc(Cl)cc1NC(=O)C(=O)N1CCN(CCO)CC1. The van der Waals surface area contributed by atoms with Crippen molar-refractivity contribution in [3.8, 4) is 5.75 Å². The van der Waals surface area contributed by atoms with Gasteiger partial charge in [-0.05, 0) is 18.2 Å². The van der Waals surface area contributed by atoms with E-state index in [1.807, 2.05) is 4.90 Å². The second-order valence-electron chi connectivity index (χ2n) is 5.16. The molecule has 7 nitrogen and oxygen atoms in total. The molecule has 8 heteroatoms. The smallest absolute Gasteiger partial charge is 0.314 e. The second-order valence-corrected chi connectivity index (χ2v) is 5.59. The average Bonchev–Trinajstić information content (AvgIpc) is 2.55. The van der Waals surface area contributed by atoms with Gasteiger partial charge >= 0.3 is 11.8 Å². The van der Waals surface area contributed by atoms with Gasteiger partial charge in [-0.3, -0.25) is 14.5 Å². The molecule has 0 spiro atoms. The van der Waals surface area contributed by atoms with E-state index in [4.69, 9.17) is 21.4 Å². The summed E-state index contributed by atoms with van der Waals surface area (Å²) in [6, 6.07) is 4.79. The van der Waals surface area contributed by atoms with E-state index in [-0.39, 0.29) is 6.61 Å². The van der Waals surface area contributed by atoms with Crippen LogP contribution < -0.4 is 10.1 Å². The largest absolute Gasteiger partial charge is 0.495 e. The molecule has 1 aromatic carbocycles. The first-order chi connectivity index (χ1) is 11.0. The van der Waals surface area contributed by atoms with Crippen molar-refractivity contribution in [1.29, 1.82) is 0 Å². The van der Waals surface area contributed by atoms with Gasteiger partial charge in [0.25, 0.3) is 0 Å². The molecular formula is C15H20ClN3O4. The van der Waals surface area contributed by atoms with Crippen molar-refractivity contribution in [2.45, 2.75) is 0 Å². The highest BCUT2D eigenvalue weighted by molar-refractivity contribution is 6.40. The first-order valence-electron chi connectivity index (χ1n) is 7.32. The van der Waals surface area contributed by atoms with E-state index in [0.717, 1.165) is 0 Å². The van der Waals surface area contributed by atoms with Crippen LogP contribution in [0, 0.1) is 0 Å². The van der Waals surface area contributed by atoms with Crippen molar-refractivity contribution in [1.82, 2.24) is 9.80 Å². The normalized spacial score (nSPS) is 15.3. The zero-order valence-corrected chi connectivity index (χ0v) is 13.7. The van der Waals surface area contributed by atoms with Crippen LogP contribution in [0.1, 0.15) is 0 Å². The van der Waals surface area contributed by atoms with E-state index in [0.29, 0.717) is 49.2 Å². The lowest BCUT2D eigenvalue weighted by molar-refractivity contribution is -0.144. The molecule has 2 rings (SSSR count). The van der Waals surface area contributed by atoms with Crippen molar-refractivity contribution in [3.63, 3.8) is 0 Å². The molecule has 1 aliphatic heterocycles. The third-order valence-electron chi connectivity index (χ3n) is 3.68. The van der Waals surface area contributed by atoms with Crippen LogP contribution in [0.4, 0.5) is 5.69 Å². The maximum Gasteiger partial charge on any atom is 0.314 e. The van der Waals surface area contributed by atoms with Gasteiger partial charge in [-0.2, -0.15) is 0 Å². The predicted molar refractivity (Wildman–Crippen MR) is 86.7 cm³/mol. The Kier molecular flexibility index (Phi) is 6.20. The molecule has 0 bridgehead atoms. The number of ether oxygens (including phenoxy) is 1. The Bertz CT molecular complexity index is 574. The number of piperazine rings is 1. The molecule has 1 aliphatic rings. The Morgan fingerprint density at radius 3 is 2.61 bits per heavy atom. The van der Waals surface area contributed by atoms with Gasteiger partial charge in [0.1, 0.15) is 5.75 Å². The lowest BCUT2D eigenvalue weighted by Gasteiger charge is -2.33. The van der Waals surface area contributed by atoms with Crippen LogP contribution in [0.15, 0.2) is 18.2 Å². The first kappa shape index (κ1) is 17.5. The van der Waals surface area contributed by atoms with Crippen molar-refractivity contribution in [3.05, 3.63) is 23.2 Å². The molecule has 126 valence electrons. The van der Waals surface area contributed by atoms with Crippen molar-refractivity contribution in [2.24, 2.45) is 0 Å². The third-order valence-corrected chi connectivity index (χ3v) is 3.91. The topological polar surface area (TPSA) is 82.1 Å². The number of anilines is 1. The zero-order valence-electron chi connectivity index (χ0n) is 12.9. The second kappa shape index (κ2) is 8.14. The number of aliphatic hydroxyl groups excluding tert-OH is 1. The van der Waals surface area contributed by atoms with E-state index in [9.17, 15) is 9.59 Å². The Morgan fingerprint density at radius 1 is 1.30 bits per heavy atom. The standard InChI is InChI=1S/C15H20ClN3O4/c1-23-13-3-2-11(16)10-12(13)17-14(21)15(22)19-6-4-18(5-7-19)8-9-20/h2-3,10,20H,4-9H2,1H3,(H,17,21). The van der Waals surface area contributed by atoms with Gasteiger partial charge in [-0.25, -0.2) is 0 Å². The summed E-state index contributed by atoms with van der Waals surface area (Å²) in [5.74, 6) is -0.875. The molecule has 1 aromatic rings. The lowest BCUT2D eigenvalue weighted by Crippen LogP contribution is -2.52. The number of nitrogens with one attached hydrogen (secondary N) is 1. The number of rotatable bonds is 4. The summed E-state index contributed by atoms with van der Waals surface area (Å²) in [7, 11) is 1.47. The molecule has 1 heterocycles. The third kappa shape index (κ3) is 4.57. The minimum atomic E-state index is -0.721. The Labute approximate surface area is 139 Å². The molecular weight excluding hydrogens is 322 g/mol. The molecule has 0 aromatic heterocycles. The van der Waals surface area contributed by atoms with Crippen LogP contribution in [-0.4, -0.2) is 73.2 Å². The Balaban J connectivity index is 1.96. The first-order valence-corrected chi connectivity index (χ1v) is 7.70. The zero-order chi connectivity index (χ0) is 16.8. The fraction of sp³-hybridized carbons (Fsp3) is 0.467. The van der Waals surface area contributed by atoms with Crippen LogP contribution in [0.25, 0.3) is 0 Å². The number of nitrogens with zero attached hydrogens (tertiary/aromatic N) is 2. The highest BCUT2D eigenvalue weighted by Gasteiger charge is 2.26. The molecule has 0 unspecified atom stereocenters. The number of carbonyl (C=O) groups is 2. The van der Waals surface area contributed by atoms with Crippen molar-refractivity contribution < 1.29 is 19.4 Å². The van der Waals surface area contributed by atoms with E-state index < -0.39 is 11.8 Å². The van der Waals surface area contributed by atoms with Crippen LogP contribution in [0.2, 0.25) is 5.02 Å². The van der Waals surface area contributed by atoms with Crippen molar-refractivity contribution in [2.75, 3.05) is 51.8 Å². The summed E-state index contributed by atoms with van der Waals surface area (Å²) >= 11 is 5.90. The lowest BCUT2D eigenvalue weighted by atomic mass is 10.2. The minimum Gasteiger partial charge on any atom is -0.495 e. The van der Waals surface area contributed by atoms with E-state index in [1.54, 1.807) is 12.1 Å². The summed E-state index contributed by atoms with van der Waals surface area (Å²) in [5.41, 5.74) is 0.359. The summed E-state index contributed by atoms with van der Waals surface area (Å²) < 4.78 is 5.14. The van der Waals surface area contributed by atoms with Gasteiger partial charge in [0.2, 0.25) is 0 Å². The number of benzene rings is 1. The molecule has 23 heavy (non-hydrogen) atoms. The maximum atomic E-state index is 12.2. The highest BCUT2D eigenvalue weighted by atomic mass is 35.5. The van der Waals surface area contributed by atoms with Gasteiger partial charge in [0.05, 0.1) is 19.4 Å². The fourth-order valence-corrected chi connectivity index (χ4v) is 2.59. The summed E-state index contributed by atoms with van der Waals surface area (Å²) in [5, 5.41) is 11.9. The average molecular weight is 342 g/mol. The molecule has 1 fully saturated rings. The summed E-state index contributed by atoms with van der Waals surface area (Å²) in [6.07, 6.45) is 0. The number of amides is 2. The van der Waals surface area contributed by atoms with E-state index in [2.05, 4.69) is 5.32 Å². The van der Waals surface area contributed by atoms with Gasteiger partial charge in [-0.15, -0.1) is 0 Å². The molecule has 0 atom stereocenters. The molecule has 0 saturated carbocycles. The van der Waals surface area contributed by atoms with Gasteiger partial charge < -0.3 is 20.1 Å². The highest BCUT2D eigenvalue weighted by Crippen LogP contribution is 2.27. The van der Waals surface area contributed by atoms with Crippen molar-refractivity contribution >= 4 is 29.1 Å². The maximum absolute atomic E-state index is 12.2. The minimum absolute atomic E-state index is 0.0863. The fourth-order valence-electron chi connectivity index (χ4n) is 2.41. The Hall–Kier alpha value is -1.83. The van der Waals surface area contributed by atoms with Crippen LogP contribution in [0.3, 0.4) is 0 Å². The molecule has 2 N–H and O–H groups in total. The number of hydrogen-bond acceptors (Lipinski definition) is 5. The molecule has 2 amide bonds. The number of carbonyl (C=O) groups excluding carboxylic acids is 2. The van der Waals surface area contributed by atoms with Gasteiger partial charge in [0.15, 0.2) is 0 Å². The summed E-state index contributed by atoms with van der Waals surface area (Å²) in [6.45, 7) is 2.86. The number of halogens is 1. The number of hydrogen-bond donors (Lipinski definition) is 2. The quantitative estimate of drug-likeness (QED) is 0.776.